The Balaban J connectivity index is 1.65. The second-order valence-electron chi connectivity index (χ2n) is 5.59. The van der Waals surface area contributed by atoms with Gasteiger partial charge in [-0.2, -0.15) is 0 Å². The number of ether oxygens (including phenoxy) is 1. The number of nitrogens with one attached hydrogen (secondary N) is 1. The lowest BCUT2D eigenvalue weighted by Gasteiger charge is -2.16. The molecule has 6 heteroatoms. The van der Waals surface area contributed by atoms with Crippen LogP contribution in [0.1, 0.15) is 28.8 Å². The number of hydrogen-bond donors (Lipinski definition) is 1. The van der Waals surface area contributed by atoms with E-state index in [2.05, 4.69) is 10.3 Å². The van der Waals surface area contributed by atoms with Crippen LogP contribution in [0.5, 0.6) is 5.88 Å². The van der Waals surface area contributed by atoms with Crippen LogP contribution in [0.4, 0.5) is 5.69 Å². The Kier molecular flexibility index (Phi) is 4.74. The fraction of sp³-hybridized carbons (Fsp3) is 0.278. The molecule has 1 aliphatic heterocycles. The lowest BCUT2D eigenvalue weighted by atomic mass is 10.1. The molecule has 6 nitrogen and oxygen atoms in total. The average molecular weight is 325 g/mol. The van der Waals surface area contributed by atoms with Crippen LogP contribution >= 0.6 is 0 Å². The van der Waals surface area contributed by atoms with Gasteiger partial charge in [-0.3, -0.25) is 9.59 Å². The van der Waals surface area contributed by atoms with Crippen molar-refractivity contribution < 1.29 is 14.3 Å². The number of amides is 2. The van der Waals surface area contributed by atoms with Crippen LogP contribution in [0.3, 0.4) is 0 Å². The van der Waals surface area contributed by atoms with E-state index in [0.29, 0.717) is 31.0 Å². The number of methoxy groups -OCH3 is 1. The predicted molar refractivity (Wildman–Crippen MR) is 90.0 cm³/mol. The van der Waals surface area contributed by atoms with Gasteiger partial charge in [-0.15, -0.1) is 0 Å². The molecule has 124 valence electrons. The van der Waals surface area contributed by atoms with Gasteiger partial charge in [0, 0.05) is 43.0 Å². The molecule has 2 amide bonds. The second-order valence-corrected chi connectivity index (χ2v) is 5.59. The van der Waals surface area contributed by atoms with E-state index in [4.69, 9.17) is 4.74 Å². The van der Waals surface area contributed by atoms with E-state index in [1.54, 1.807) is 42.5 Å². The van der Waals surface area contributed by atoms with E-state index in [1.807, 2.05) is 12.1 Å². The molecule has 0 bridgehead atoms. The third kappa shape index (κ3) is 3.53. The van der Waals surface area contributed by atoms with Gasteiger partial charge in [0.2, 0.25) is 11.8 Å². The minimum Gasteiger partial charge on any atom is -0.481 e. The molecule has 1 aliphatic rings. The first-order chi connectivity index (χ1) is 11.7. The van der Waals surface area contributed by atoms with E-state index >= 15 is 0 Å². The van der Waals surface area contributed by atoms with E-state index in [9.17, 15) is 9.59 Å². The molecule has 1 aromatic heterocycles. The Bertz CT molecular complexity index is 743. The standard InChI is InChI=1S/C18H19N3O3/c1-24-16-8-7-13(11-19-16)12-20-18(23)14-4-2-5-15(10-14)21-9-3-6-17(21)22/h2,4-5,7-8,10-11H,3,6,9,12H2,1H3,(H,20,23). The van der Waals surface area contributed by atoms with Crippen molar-refractivity contribution in [2.24, 2.45) is 0 Å². The van der Waals surface area contributed by atoms with Gasteiger partial charge in [-0.1, -0.05) is 12.1 Å². The maximum Gasteiger partial charge on any atom is 0.251 e. The quantitative estimate of drug-likeness (QED) is 0.914. The van der Waals surface area contributed by atoms with Crippen molar-refractivity contribution in [2.45, 2.75) is 19.4 Å². The van der Waals surface area contributed by atoms with Crippen molar-refractivity contribution in [3.8, 4) is 5.88 Å². The van der Waals surface area contributed by atoms with E-state index < -0.39 is 0 Å². The van der Waals surface area contributed by atoms with Crippen molar-refractivity contribution in [1.82, 2.24) is 10.3 Å². The van der Waals surface area contributed by atoms with Gasteiger partial charge in [-0.05, 0) is 30.2 Å². The van der Waals surface area contributed by atoms with E-state index in [0.717, 1.165) is 17.7 Å². The molecule has 24 heavy (non-hydrogen) atoms. The molecule has 0 spiro atoms. The van der Waals surface area contributed by atoms with Crippen molar-refractivity contribution in [3.05, 3.63) is 53.7 Å². The zero-order valence-corrected chi connectivity index (χ0v) is 13.5. The van der Waals surface area contributed by atoms with Gasteiger partial charge in [0.25, 0.3) is 5.91 Å². The van der Waals surface area contributed by atoms with E-state index in [-0.39, 0.29) is 11.8 Å². The first kappa shape index (κ1) is 16.0. The topological polar surface area (TPSA) is 71.5 Å². The number of anilines is 1. The first-order valence-electron chi connectivity index (χ1n) is 7.85. The maximum atomic E-state index is 12.3. The summed E-state index contributed by atoms with van der Waals surface area (Å²) in [6.07, 6.45) is 3.10. The Morgan fingerprint density at radius 1 is 1.33 bits per heavy atom. The van der Waals surface area contributed by atoms with Crippen molar-refractivity contribution in [3.63, 3.8) is 0 Å². The summed E-state index contributed by atoms with van der Waals surface area (Å²) >= 11 is 0. The van der Waals surface area contributed by atoms with Gasteiger partial charge in [0.15, 0.2) is 0 Å². The normalized spacial score (nSPS) is 13.9. The first-order valence-corrected chi connectivity index (χ1v) is 7.85. The van der Waals surface area contributed by atoms with E-state index in [1.165, 1.54) is 0 Å². The second kappa shape index (κ2) is 7.12. The average Bonchev–Trinajstić information content (AvgIpc) is 3.06. The highest BCUT2D eigenvalue weighted by Gasteiger charge is 2.22. The number of carbonyl (C=O) groups is 2. The number of hydrogen-bond acceptors (Lipinski definition) is 4. The number of rotatable bonds is 5. The Hall–Kier alpha value is -2.89. The van der Waals surface area contributed by atoms with Gasteiger partial charge in [0.1, 0.15) is 0 Å². The molecule has 1 aromatic carbocycles. The molecule has 2 heterocycles. The summed E-state index contributed by atoms with van der Waals surface area (Å²) in [5.74, 6) is 0.462. The Morgan fingerprint density at radius 3 is 2.88 bits per heavy atom. The van der Waals surface area contributed by atoms with Gasteiger partial charge < -0.3 is 15.0 Å². The summed E-state index contributed by atoms with van der Waals surface area (Å²) in [5, 5.41) is 2.86. The minimum absolute atomic E-state index is 0.108. The Morgan fingerprint density at radius 2 is 2.21 bits per heavy atom. The highest BCUT2D eigenvalue weighted by molar-refractivity contribution is 5.99. The fourth-order valence-electron chi connectivity index (χ4n) is 2.66. The molecule has 2 aromatic rings. The molecule has 0 unspecified atom stereocenters. The van der Waals surface area contributed by atoms with Crippen molar-refractivity contribution >= 4 is 17.5 Å². The number of benzene rings is 1. The summed E-state index contributed by atoms with van der Waals surface area (Å²) < 4.78 is 5.00. The lowest BCUT2D eigenvalue weighted by Crippen LogP contribution is -2.25. The Labute approximate surface area is 140 Å². The smallest absolute Gasteiger partial charge is 0.251 e. The molecule has 0 saturated carbocycles. The summed E-state index contributed by atoms with van der Waals surface area (Å²) in [6, 6.07) is 10.8. The van der Waals surface area contributed by atoms with Crippen LogP contribution in [0, 0.1) is 0 Å². The van der Waals surface area contributed by atoms with Crippen LogP contribution in [0.15, 0.2) is 42.6 Å². The van der Waals surface area contributed by atoms with Gasteiger partial charge >= 0.3 is 0 Å². The highest BCUT2D eigenvalue weighted by Crippen LogP contribution is 2.22. The zero-order chi connectivity index (χ0) is 16.9. The van der Waals surface area contributed by atoms with Crippen LogP contribution in [0.2, 0.25) is 0 Å². The molecule has 0 atom stereocenters. The molecule has 3 rings (SSSR count). The maximum absolute atomic E-state index is 12.3. The molecule has 0 aliphatic carbocycles. The third-order valence-corrected chi connectivity index (χ3v) is 3.95. The van der Waals surface area contributed by atoms with Crippen LogP contribution in [-0.4, -0.2) is 30.5 Å². The van der Waals surface area contributed by atoms with Gasteiger partial charge in [-0.25, -0.2) is 4.98 Å². The predicted octanol–water partition coefficient (Wildman–Crippen LogP) is 2.15. The lowest BCUT2D eigenvalue weighted by molar-refractivity contribution is -0.117. The third-order valence-electron chi connectivity index (χ3n) is 3.95. The molecular formula is C18H19N3O3. The monoisotopic (exact) mass is 325 g/mol. The minimum atomic E-state index is -0.181. The summed E-state index contributed by atoms with van der Waals surface area (Å²) in [5.41, 5.74) is 2.19. The van der Waals surface area contributed by atoms with Crippen molar-refractivity contribution in [1.29, 1.82) is 0 Å². The summed E-state index contributed by atoms with van der Waals surface area (Å²) in [4.78, 5) is 30.0. The molecular weight excluding hydrogens is 306 g/mol. The van der Waals surface area contributed by atoms with Crippen molar-refractivity contribution in [2.75, 3.05) is 18.6 Å². The van der Waals surface area contributed by atoms with Gasteiger partial charge in [0.05, 0.1) is 7.11 Å². The number of aromatic nitrogens is 1. The SMILES string of the molecule is COc1ccc(CNC(=O)c2cccc(N3CCCC3=O)c2)cn1. The number of nitrogens with zero attached hydrogens (tertiary/aromatic N) is 2. The summed E-state index contributed by atoms with van der Waals surface area (Å²) in [7, 11) is 1.56. The number of pyridine rings is 1. The van der Waals surface area contributed by atoms with Crippen LogP contribution < -0.4 is 15.0 Å². The molecule has 1 N–H and O–H groups in total. The summed E-state index contributed by atoms with van der Waals surface area (Å²) in [6.45, 7) is 1.09. The number of carbonyl (C=O) groups excluding carboxylic acids is 2. The largest absolute Gasteiger partial charge is 0.481 e. The van der Waals surface area contributed by atoms with Crippen LogP contribution in [-0.2, 0) is 11.3 Å². The molecule has 1 fully saturated rings. The molecule has 0 radical (unpaired) electrons. The fourth-order valence-corrected chi connectivity index (χ4v) is 2.66. The highest BCUT2D eigenvalue weighted by atomic mass is 16.5. The van der Waals surface area contributed by atoms with Crippen LogP contribution in [0.25, 0.3) is 0 Å². The molecule has 1 saturated heterocycles. The zero-order valence-electron chi connectivity index (χ0n) is 13.5.